The van der Waals surface area contributed by atoms with Crippen LogP contribution in [0.4, 0.5) is 0 Å². The number of hydrogen-bond acceptors (Lipinski definition) is 0. The largest absolute Gasteiger partial charge is 0.111 e. The van der Waals surface area contributed by atoms with Crippen LogP contribution in [0.2, 0.25) is 0 Å². The van der Waals surface area contributed by atoms with Crippen molar-refractivity contribution in [2.45, 2.75) is 6.42 Å². The van der Waals surface area contributed by atoms with Gasteiger partial charge < -0.3 is 0 Å². The van der Waals surface area contributed by atoms with E-state index in [2.05, 4.69) is 218 Å². The van der Waals surface area contributed by atoms with Crippen LogP contribution in [-0.4, -0.2) is 0 Å². The molecule has 3 heteroatoms. The van der Waals surface area contributed by atoms with Gasteiger partial charge in [-0.05, 0) is 100 Å². The van der Waals surface area contributed by atoms with Gasteiger partial charge in [0.05, 0.1) is 15.8 Å². The molecule has 0 unspecified atom stereocenters. The van der Waals surface area contributed by atoms with Gasteiger partial charge in [0.1, 0.15) is 31.8 Å². The van der Waals surface area contributed by atoms with Gasteiger partial charge in [-0.1, -0.05) is 158 Å². The molecule has 10 rings (SSSR count). The third-order valence-electron chi connectivity index (χ3n) is 10.7. The Labute approximate surface area is 334 Å². The maximum atomic E-state index is 2.44. The fraction of sp³-hybridized carbons (Fsp3) is 0.0588. The molecule has 0 aromatic heterocycles. The van der Waals surface area contributed by atoms with E-state index in [1.165, 1.54) is 70.9 Å². The molecule has 0 saturated heterocycles. The third-order valence-corrected chi connectivity index (χ3v) is 16.2. The second-order valence-corrected chi connectivity index (χ2v) is 18.9. The monoisotopic (exact) mass is 819 g/mol. The van der Waals surface area contributed by atoms with Crippen LogP contribution in [0.25, 0.3) is 32.7 Å². The van der Waals surface area contributed by atoms with Crippen LogP contribution < -0.4 is 31.8 Å². The minimum atomic E-state index is -1.37. The Kier molecular flexibility index (Phi) is 11.2. The normalized spacial score (nSPS) is 15.4. The van der Waals surface area contributed by atoms with E-state index in [0.717, 1.165) is 11.8 Å². The summed E-state index contributed by atoms with van der Waals surface area (Å²) in [5, 5.41) is 13.6. The first-order chi connectivity index (χ1) is 26.3. The molecule has 8 aromatic rings. The molecule has 54 heavy (non-hydrogen) atoms. The Morgan fingerprint density at radius 3 is 0.907 bits per heavy atom. The van der Waals surface area contributed by atoms with Crippen molar-refractivity contribution >= 4 is 69.2 Å². The summed E-state index contributed by atoms with van der Waals surface area (Å²) in [4.78, 5) is 0. The molecule has 8 aromatic carbocycles. The van der Waals surface area contributed by atoms with E-state index in [1.807, 2.05) is 0 Å². The van der Waals surface area contributed by atoms with Crippen LogP contribution in [0.15, 0.2) is 218 Å². The fourth-order valence-corrected chi connectivity index (χ4v) is 13.7. The molecule has 0 saturated carbocycles. The molecule has 263 valence electrons. The predicted octanol–water partition coefficient (Wildman–Crippen LogP) is 10.4. The average molecular weight is 820 g/mol. The molecule has 0 aliphatic heterocycles. The number of rotatable bonds is 7. The zero-order valence-electron chi connectivity index (χ0n) is 30.0. The summed E-state index contributed by atoms with van der Waals surface area (Å²) in [6.07, 6.45) is 10.5. The summed E-state index contributed by atoms with van der Waals surface area (Å²) in [6, 6.07) is 72.2. The molecule has 2 aliphatic rings. The first-order valence-corrected chi connectivity index (χ1v) is 21.7. The van der Waals surface area contributed by atoms with Crippen molar-refractivity contribution in [3.05, 3.63) is 218 Å². The Hall–Kier alpha value is -4.76. The van der Waals surface area contributed by atoms with Crippen molar-refractivity contribution in [1.29, 1.82) is 0 Å². The first kappa shape index (κ1) is 36.2. The van der Waals surface area contributed by atoms with E-state index in [1.54, 1.807) is 0 Å². The Morgan fingerprint density at radius 2 is 0.611 bits per heavy atom. The van der Waals surface area contributed by atoms with Gasteiger partial charge in [-0.3, -0.25) is 0 Å². The topological polar surface area (TPSA) is 0 Å². The van der Waals surface area contributed by atoms with Crippen molar-refractivity contribution in [1.82, 2.24) is 0 Å². The SMILES string of the molecule is C1=CC2C=CC1C2.[Rh].c1ccc([PH+](c2ccccc2)c2ccc3ccccc3c2-c2c([PH+](c3ccccc3)c3ccccc3)ccc3ccccc23)cc1. The van der Waals surface area contributed by atoms with Gasteiger partial charge in [-0.2, -0.15) is 0 Å². The van der Waals surface area contributed by atoms with Crippen LogP contribution >= 0.6 is 15.8 Å². The maximum Gasteiger partial charge on any atom is 0.111 e. The van der Waals surface area contributed by atoms with Crippen molar-refractivity contribution < 1.29 is 19.5 Å². The molecule has 1 radical (unpaired) electrons. The molecular formula is C51H42P2Rh+2. The minimum Gasteiger partial charge on any atom is -0.0810 e. The maximum absolute atomic E-state index is 2.44. The van der Waals surface area contributed by atoms with Crippen molar-refractivity contribution in [3.63, 3.8) is 0 Å². The Bertz CT molecular complexity index is 2280. The molecular weight excluding hydrogens is 777 g/mol. The summed E-state index contributed by atoms with van der Waals surface area (Å²) in [5.41, 5.74) is 2.75. The fourth-order valence-electron chi connectivity index (χ4n) is 8.20. The number of fused-ring (bicyclic) bond motifs is 4. The predicted molar refractivity (Wildman–Crippen MR) is 237 cm³/mol. The number of benzene rings is 8. The summed E-state index contributed by atoms with van der Waals surface area (Å²) in [7, 11) is -2.74. The van der Waals surface area contributed by atoms with Gasteiger partial charge in [0, 0.05) is 30.6 Å². The van der Waals surface area contributed by atoms with Crippen LogP contribution in [0.3, 0.4) is 0 Å². The summed E-state index contributed by atoms with van der Waals surface area (Å²) in [6.45, 7) is 0. The Morgan fingerprint density at radius 1 is 0.315 bits per heavy atom. The standard InChI is InChI=1S/C44H32P2.C7H8.Rh/c1-5-19-35(20-6-1)45(36-21-7-2-8-22-36)41-31-29-33-17-13-15-27-39(33)43(41)44-40-28-16-14-18-34(40)30-32-42(44)46(37-23-9-3-10-24-37)38-25-11-4-12-26-38;1-2-7-4-3-6(1)5-7;/h1-32H;1-4,6-7H,5H2;/p+2. The van der Waals surface area contributed by atoms with Gasteiger partial charge in [-0.25, -0.2) is 0 Å². The van der Waals surface area contributed by atoms with Crippen molar-refractivity contribution in [3.8, 4) is 11.1 Å². The van der Waals surface area contributed by atoms with Crippen LogP contribution in [0.5, 0.6) is 0 Å². The quantitative estimate of drug-likeness (QED) is 0.0854. The molecule has 0 N–H and O–H groups in total. The van der Waals surface area contributed by atoms with Gasteiger partial charge in [0.2, 0.25) is 0 Å². The molecule has 0 atom stereocenters. The van der Waals surface area contributed by atoms with Crippen LogP contribution in [0, 0.1) is 11.8 Å². The molecule has 0 nitrogen and oxygen atoms in total. The smallest absolute Gasteiger partial charge is 0.0810 e. The van der Waals surface area contributed by atoms with Gasteiger partial charge in [0.15, 0.2) is 0 Å². The molecule has 0 heterocycles. The second-order valence-electron chi connectivity index (χ2n) is 14.0. The zero-order valence-corrected chi connectivity index (χ0v) is 33.6. The van der Waals surface area contributed by atoms with Crippen LogP contribution in [-0.2, 0) is 19.5 Å². The van der Waals surface area contributed by atoms with E-state index in [9.17, 15) is 0 Å². The zero-order chi connectivity index (χ0) is 35.4. The first-order valence-electron chi connectivity index (χ1n) is 18.7. The van der Waals surface area contributed by atoms with E-state index in [4.69, 9.17) is 0 Å². The Balaban J connectivity index is 0.000000461. The summed E-state index contributed by atoms with van der Waals surface area (Å²) < 4.78 is 0. The summed E-state index contributed by atoms with van der Waals surface area (Å²) >= 11 is 0. The van der Waals surface area contributed by atoms with Gasteiger partial charge in [-0.15, -0.1) is 0 Å². The molecule has 2 aliphatic carbocycles. The average Bonchev–Trinajstić information content (AvgIpc) is 3.90. The molecule has 0 fully saturated rings. The van der Waals surface area contributed by atoms with E-state index in [-0.39, 0.29) is 19.5 Å². The third kappa shape index (κ3) is 7.35. The molecule has 2 bridgehead atoms. The van der Waals surface area contributed by atoms with Crippen LogP contribution in [0.1, 0.15) is 6.42 Å². The van der Waals surface area contributed by atoms with Gasteiger partial charge in [0.25, 0.3) is 0 Å². The number of allylic oxidation sites excluding steroid dienone is 4. The number of hydrogen-bond donors (Lipinski definition) is 0. The van der Waals surface area contributed by atoms with E-state index < -0.39 is 15.8 Å². The van der Waals surface area contributed by atoms with E-state index >= 15 is 0 Å². The summed E-state index contributed by atoms with van der Waals surface area (Å²) in [5.74, 6) is 1.62. The van der Waals surface area contributed by atoms with E-state index in [0.29, 0.717) is 0 Å². The second kappa shape index (κ2) is 16.7. The molecule has 0 spiro atoms. The molecule has 0 amide bonds. The van der Waals surface area contributed by atoms with Crippen molar-refractivity contribution in [2.24, 2.45) is 11.8 Å². The van der Waals surface area contributed by atoms with Crippen molar-refractivity contribution in [2.75, 3.05) is 0 Å². The van der Waals surface area contributed by atoms with Gasteiger partial charge >= 0.3 is 0 Å². The minimum absolute atomic E-state index is 0.